The maximum atomic E-state index is 13.2. The van der Waals surface area contributed by atoms with Crippen LogP contribution in [-0.2, 0) is 10.1 Å². The minimum atomic E-state index is -4.40. The van der Waals surface area contributed by atoms with E-state index in [2.05, 4.69) is 0 Å². The molecule has 0 aliphatic carbocycles. The third-order valence-electron chi connectivity index (χ3n) is 4.45. The molecule has 0 aromatic heterocycles. The van der Waals surface area contributed by atoms with Crippen LogP contribution in [0.25, 0.3) is 0 Å². The summed E-state index contributed by atoms with van der Waals surface area (Å²) in [6, 6.07) is 13.8. The molecule has 0 unspecified atom stereocenters. The minimum absolute atomic E-state index is 0. The second-order valence-corrected chi connectivity index (χ2v) is 8.41. The molecule has 0 atom stereocenters. The Bertz CT molecular complexity index is 1170. The first kappa shape index (κ1) is 26.8. The first-order chi connectivity index (χ1) is 15.1. The van der Waals surface area contributed by atoms with E-state index in [-0.39, 0.29) is 70.6 Å². The van der Waals surface area contributed by atoms with Crippen molar-refractivity contribution in [3.63, 3.8) is 0 Å². The molecular weight excluding hydrogens is 465 g/mol. The van der Waals surface area contributed by atoms with Crippen molar-refractivity contribution in [2.45, 2.75) is 6.42 Å². The molecule has 3 aromatic rings. The molecule has 0 amide bonds. The van der Waals surface area contributed by atoms with Gasteiger partial charge in [-0.25, -0.2) is 17.2 Å². The molecular formula is C23H17F2NaO6S. The molecule has 6 nitrogen and oxygen atoms in total. The van der Waals surface area contributed by atoms with Gasteiger partial charge in [-0.2, -0.15) is 0 Å². The number of hydrogen-bond acceptors (Lipinski definition) is 6. The Morgan fingerprint density at radius 3 is 1.58 bits per heavy atom. The van der Waals surface area contributed by atoms with Gasteiger partial charge in [-0.3, -0.25) is 9.59 Å². The number of ketones is 2. The molecule has 0 saturated carbocycles. The molecule has 0 aliphatic heterocycles. The fourth-order valence-electron chi connectivity index (χ4n) is 2.91. The number of carbonyl (C=O) groups excluding carboxylic acids is 2. The Hall–Kier alpha value is -2.43. The normalized spacial score (nSPS) is 10.9. The number of carbonyl (C=O) groups is 2. The molecule has 0 saturated heterocycles. The van der Waals surface area contributed by atoms with Gasteiger partial charge in [0.1, 0.15) is 17.4 Å². The van der Waals surface area contributed by atoms with Gasteiger partial charge in [-0.05, 0) is 73.2 Å². The van der Waals surface area contributed by atoms with Crippen molar-refractivity contribution in [3.8, 4) is 5.75 Å². The molecule has 0 radical (unpaired) electrons. The Balaban J connectivity index is 0.00000385. The quantitative estimate of drug-likeness (QED) is 0.193. The summed E-state index contributed by atoms with van der Waals surface area (Å²) in [5.41, 5.74) is 0.523. The fraction of sp³-hybridized carbons (Fsp3) is 0.130. The topological polar surface area (TPSA) is 101 Å². The van der Waals surface area contributed by atoms with Crippen molar-refractivity contribution >= 4 is 21.7 Å². The Labute approximate surface area is 211 Å². The van der Waals surface area contributed by atoms with E-state index in [9.17, 15) is 31.3 Å². The SMILES string of the molecule is O=C(c1ccc(F)cc1)c1cc(OCCCS(=O)(=O)[O-])cc(C(=O)c2ccc(F)cc2)c1.[Na+]. The van der Waals surface area contributed by atoms with Gasteiger partial charge in [0.05, 0.1) is 16.7 Å². The van der Waals surface area contributed by atoms with Crippen LogP contribution >= 0.6 is 0 Å². The largest absolute Gasteiger partial charge is 1.00 e. The van der Waals surface area contributed by atoms with E-state index >= 15 is 0 Å². The van der Waals surface area contributed by atoms with Gasteiger partial charge in [0.25, 0.3) is 0 Å². The zero-order valence-electron chi connectivity index (χ0n) is 17.6. The van der Waals surface area contributed by atoms with Gasteiger partial charge in [0.2, 0.25) is 0 Å². The first-order valence-corrected chi connectivity index (χ1v) is 11.0. The third kappa shape index (κ3) is 7.83. The van der Waals surface area contributed by atoms with Gasteiger partial charge < -0.3 is 9.29 Å². The van der Waals surface area contributed by atoms with Crippen LogP contribution in [0.4, 0.5) is 8.78 Å². The molecule has 0 spiro atoms. The molecule has 10 heteroatoms. The first-order valence-electron chi connectivity index (χ1n) is 9.44. The molecule has 0 fully saturated rings. The number of hydrogen-bond donors (Lipinski definition) is 0. The molecule has 0 N–H and O–H groups in total. The van der Waals surface area contributed by atoms with E-state index in [1.54, 1.807) is 0 Å². The molecule has 0 bridgehead atoms. The summed E-state index contributed by atoms with van der Waals surface area (Å²) in [7, 11) is -4.40. The van der Waals surface area contributed by atoms with Gasteiger partial charge in [0.15, 0.2) is 11.6 Å². The van der Waals surface area contributed by atoms with Crippen molar-refractivity contribution in [1.29, 1.82) is 0 Å². The van der Waals surface area contributed by atoms with Crippen LogP contribution in [0.3, 0.4) is 0 Å². The molecule has 0 heterocycles. The van der Waals surface area contributed by atoms with Crippen LogP contribution in [0.2, 0.25) is 0 Å². The fourth-order valence-corrected chi connectivity index (χ4v) is 3.38. The van der Waals surface area contributed by atoms with Crippen molar-refractivity contribution < 1.29 is 65.6 Å². The summed E-state index contributed by atoms with van der Waals surface area (Å²) in [5.74, 6) is -2.54. The second-order valence-electron chi connectivity index (χ2n) is 6.88. The number of benzene rings is 3. The van der Waals surface area contributed by atoms with Crippen LogP contribution in [0.5, 0.6) is 5.75 Å². The Morgan fingerprint density at radius 2 is 1.18 bits per heavy atom. The van der Waals surface area contributed by atoms with Crippen LogP contribution < -0.4 is 34.3 Å². The molecule has 166 valence electrons. The average Bonchev–Trinajstić information content (AvgIpc) is 2.76. The Morgan fingerprint density at radius 1 is 0.758 bits per heavy atom. The maximum absolute atomic E-state index is 13.2. The van der Waals surface area contributed by atoms with Crippen LogP contribution in [0, 0.1) is 11.6 Å². The van der Waals surface area contributed by atoms with E-state index in [0.717, 1.165) is 24.3 Å². The standard InChI is InChI=1S/C23H18F2O6S.Na/c24-19-6-2-15(3-7-19)22(26)17-12-18(23(27)16-4-8-20(25)9-5-16)14-21(13-17)31-10-1-11-32(28,29)30;/h2-9,12-14H,1,10-11H2,(H,28,29,30);/q;+1/p-1. The number of halogens is 2. The molecule has 3 aromatic carbocycles. The van der Waals surface area contributed by atoms with E-state index in [1.807, 2.05) is 0 Å². The predicted molar refractivity (Wildman–Crippen MR) is 111 cm³/mol. The van der Waals surface area contributed by atoms with E-state index in [0.29, 0.717) is 0 Å². The minimum Gasteiger partial charge on any atom is -0.748 e. The monoisotopic (exact) mass is 482 g/mol. The van der Waals surface area contributed by atoms with Crippen molar-refractivity contribution in [2.24, 2.45) is 0 Å². The van der Waals surface area contributed by atoms with Gasteiger partial charge in [-0.15, -0.1) is 0 Å². The molecule has 0 aliphatic rings. The van der Waals surface area contributed by atoms with Gasteiger partial charge >= 0.3 is 29.6 Å². The van der Waals surface area contributed by atoms with Crippen molar-refractivity contribution in [2.75, 3.05) is 12.4 Å². The number of rotatable bonds is 9. The van der Waals surface area contributed by atoms with E-state index < -0.39 is 39.1 Å². The summed E-state index contributed by atoms with van der Waals surface area (Å²) < 4.78 is 64.1. The molecule has 33 heavy (non-hydrogen) atoms. The third-order valence-corrected chi connectivity index (χ3v) is 5.24. The summed E-state index contributed by atoms with van der Waals surface area (Å²) in [4.78, 5) is 25.7. The second kappa shape index (κ2) is 11.6. The summed E-state index contributed by atoms with van der Waals surface area (Å²) in [5, 5.41) is 0. The molecule has 3 rings (SSSR count). The summed E-state index contributed by atoms with van der Waals surface area (Å²) in [6.07, 6.45) is -0.0801. The van der Waals surface area contributed by atoms with E-state index in [4.69, 9.17) is 4.74 Å². The Kier molecular flexibility index (Phi) is 9.45. The van der Waals surface area contributed by atoms with Crippen molar-refractivity contribution in [1.82, 2.24) is 0 Å². The smallest absolute Gasteiger partial charge is 0.748 e. The summed E-state index contributed by atoms with van der Waals surface area (Å²) in [6.45, 7) is -0.139. The van der Waals surface area contributed by atoms with Crippen molar-refractivity contribution in [3.05, 3.63) is 101 Å². The maximum Gasteiger partial charge on any atom is 1.00 e. The van der Waals surface area contributed by atoms with Gasteiger partial charge in [0, 0.05) is 28.0 Å². The van der Waals surface area contributed by atoms with Crippen LogP contribution in [0.1, 0.15) is 38.3 Å². The van der Waals surface area contributed by atoms with Crippen LogP contribution in [0.15, 0.2) is 66.7 Å². The number of ether oxygens (including phenoxy) is 1. The zero-order valence-corrected chi connectivity index (χ0v) is 20.4. The van der Waals surface area contributed by atoms with Gasteiger partial charge in [-0.1, -0.05) is 0 Å². The van der Waals surface area contributed by atoms with Crippen LogP contribution in [-0.4, -0.2) is 36.9 Å². The van der Waals surface area contributed by atoms with E-state index in [1.165, 1.54) is 42.5 Å². The zero-order chi connectivity index (χ0) is 23.3. The average molecular weight is 482 g/mol. The predicted octanol–water partition coefficient (Wildman–Crippen LogP) is 0.745. The summed E-state index contributed by atoms with van der Waals surface area (Å²) >= 11 is 0.